The molecule has 0 bridgehead atoms. The van der Waals surface area contributed by atoms with Crippen molar-refractivity contribution in [2.45, 2.75) is 50.1 Å². The van der Waals surface area contributed by atoms with Gasteiger partial charge in [-0.05, 0) is 41.7 Å². The average Bonchev–Trinajstić information content (AvgIpc) is 2.84. The van der Waals surface area contributed by atoms with Gasteiger partial charge in [0.25, 0.3) is 5.91 Å². The molecule has 2 amide bonds. The minimum absolute atomic E-state index is 0.0237. The molecule has 1 heterocycles. The Labute approximate surface area is 195 Å². The molecular formula is C27H31N3O3. The Kier molecular flexibility index (Phi) is 6.80. The zero-order valence-electron chi connectivity index (χ0n) is 19.3. The van der Waals surface area contributed by atoms with Crippen LogP contribution in [0.1, 0.15) is 53.9 Å². The van der Waals surface area contributed by atoms with Crippen LogP contribution in [0.25, 0.3) is 11.1 Å². The smallest absolute Gasteiger partial charge is 0.253 e. The quantitative estimate of drug-likeness (QED) is 0.758. The molecule has 3 atom stereocenters. The average molecular weight is 446 g/mol. The van der Waals surface area contributed by atoms with Crippen molar-refractivity contribution in [2.24, 2.45) is 5.92 Å². The van der Waals surface area contributed by atoms with Gasteiger partial charge in [0, 0.05) is 31.5 Å². The number of carbonyl (C=O) groups is 2. The number of nitriles is 1. The molecule has 0 radical (unpaired) electrons. The van der Waals surface area contributed by atoms with Gasteiger partial charge in [-0.2, -0.15) is 5.26 Å². The van der Waals surface area contributed by atoms with E-state index in [1.807, 2.05) is 42.5 Å². The molecule has 2 aliphatic rings. The van der Waals surface area contributed by atoms with E-state index in [0.717, 1.165) is 48.8 Å². The standard InChI is InChI=1S/C27H31N3O3/c1-29(2)26(32)22-10-6-9-21(15-22)18-11-13-19(14-12-18)25-23(16-28)30(24(25)17-31)27(33)20-7-4-3-5-8-20/h6,9-15,20,23-25,31H,3-5,7-8,17H2,1-2H3/t23-,24-,25-/m1/s1. The van der Waals surface area contributed by atoms with Crippen LogP contribution in [0.15, 0.2) is 48.5 Å². The second kappa shape index (κ2) is 9.76. The minimum atomic E-state index is -0.552. The zero-order valence-corrected chi connectivity index (χ0v) is 19.3. The van der Waals surface area contributed by atoms with Crippen molar-refractivity contribution in [3.63, 3.8) is 0 Å². The number of hydrogen-bond donors (Lipinski definition) is 1. The summed E-state index contributed by atoms with van der Waals surface area (Å²) < 4.78 is 0. The van der Waals surface area contributed by atoms with Crippen LogP contribution in [0.4, 0.5) is 0 Å². The molecule has 2 fully saturated rings. The molecule has 6 heteroatoms. The third-order valence-electron chi connectivity index (χ3n) is 7.08. The number of carbonyl (C=O) groups excluding carboxylic acids is 2. The number of amides is 2. The number of nitrogens with zero attached hydrogens (tertiary/aromatic N) is 3. The number of aliphatic hydroxyl groups excluding tert-OH is 1. The van der Waals surface area contributed by atoms with E-state index in [-0.39, 0.29) is 36.3 Å². The molecule has 1 aliphatic carbocycles. The van der Waals surface area contributed by atoms with Gasteiger partial charge in [-0.3, -0.25) is 9.59 Å². The van der Waals surface area contributed by atoms with E-state index in [1.165, 1.54) is 0 Å². The Morgan fingerprint density at radius 1 is 1.06 bits per heavy atom. The van der Waals surface area contributed by atoms with Crippen LogP contribution in [0.3, 0.4) is 0 Å². The van der Waals surface area contributed by atoms with Gasteiger partial charge in [0.1, 0.15) is 6.04 Å². The lowest BCUT2D eigenvalue weighted by atomic mass is 9.74. The first-order valence-corrected chi connectivity index (χ1v) is 11.7. The third kappa shape index (κ3) is 4.38. The van der Waals surface area contributed by atoms with Gasteiger partial charge in [-0.25, -0.2) is 0 Å². The predicted octanol–water partition coefficient (Wildman–Crippen LogP) is 3.81. The second-order valence-corrected chi connectivity index (χ2v) is 9.33. The van der Waals surface area contributed by atoms with Crippen LogP contribution in [0.2, 0.25) is 0 Å². The summed E-state index contributed by atoms with van der Waals surface area (Å²) in [6.07, 6.45) is 5.02. The van der Waals surface area contributed by atoms with Crippen LogP contribution >= 0.6 is 0 Å². The topological polar surface area (TPSA) is 84.6 Å². The van der Waals surface area contributed by atoms with Crippen LogP contribution in [0, 0.1) is 17.2 Å². The highest BCUT2D eigenvalue weighted by Crippen LogP contribution is 2.43. The summed E-state index contributed by atoms with van der Waals surface area (Å²) in [4.78, 5) is 28.6. The molecule has 1 aliphatic heterocycles. The van der Waals surface area contributed by atoms with Crippen molar-refractivity contribution in [1.29, 1.82) is 5.26 Å². The van der Waals surface area contributed by atoms with E-state index in [9.17, 15) is 20.0 Å². The largest absolute Gasteiger partial charge is 0.394 e. The fraction of sp³-hybridized carbons (Fsp3) is 0.444. The summed E-state index contributed by atoms with van der Waals surface area (Å²) in [5.41, 5.74) is 3.48. The molecule has 1 saturated carbocycles. The highest BCUT2D eigenvalue weighted by molar-refractivity contribution is 5.95. The first-order chi connectivity index (χ1) is 16.0. The number of rotatable bonds is 5. The van der Waals surface area contributed by atoms with Gasteiger partial charge in [0.05, 0.1) is 18.7 Å². The maximum atomic E-state index is 13.1. The lowest BCUT2D eigenvalue weighted by molar-refractivity contribution is -0.152. The molecule has 2 aromatic carbocycles. The normalized spacial score (nSPS) is 22.8. The Morgan fingerprint density at radius 3 is 2.36 bits per heavy atom. The molecule has 172 valence electrons. The van der Waals surface area contributed by atoms with Crippen molar-refractivity contribution in [3.8, 4) is 17.2 Å². The zero-order chi connectivity index (χ0) is 23.5. The van der Waals surface area contributed by atoms with E-state index in [4.69, 9.17) is 0 Å². The first kappa shape index (κ1) is 23.0. The molecule has 4 rings (SSSR count). The summed E-state index contributed by atoms with van der Waals surface area (Å²) in [6.45, 7) is -0.155. The molecule has 6 nitrogen and oxygen atoms in total. The Bertz CT molecular complexity index is 1050. The highest BCUT2D eigenvalue weighted by atomic mass is 16.3. The van der Waals surface area contributed by atoms with Gasteiger partial charge in [-0.15, -0.1) is 0 Å². The van der Waals surface area contributed by atoms with Crippen molar-refractivity contribution in [3.05, 3.63) is 59.7 Å². The van der Waals surface area contributed by atoms with Gasteiger partial charge in [0.2, 0.25) is 5.91 Å². The Morgan fingerprint density at radius 2 is 1.76 bits per heavy atom. The van der Waals surface area contributed by atoms with Gasteiger partial charge in [-0.1, -0.05) is 55.7 Å². The Hall–Kier alpha value is -3.17. The molecule has 0 unspecified atom stereocenters. The van der Waals surface area contributed by atoms with E-state index in [0.29, 0.717) is 5.56 Å². The maximum Gasteiger partial charge on any atom is 0.253 e. The van der Waals surface area contributed by atoms with Crippen molar-refractivity contribution >= 4 is 11.8 Å². The van der Waals surface area contributed by atoms with Crippen LogP contribution in [-0.2, 0) is 4.79 Å². The van der Waals surface area contributed by atoms with E-state index >= 15 is 0 Å². The van der Waals surface area contributed by atoms with Gasteiger partial charge in [0.15, 0.2) is 0 Å². The number of aliphatic hydroxyl groups is 1. The molecule has 0 aromatic heterocycles. The van der Waals surface area contributed by atoms with E-state index in [2.05, 4.69) is 6.07 Å². The lowest BCUT2D eigenvalue weighted by Gasteiger charge is -2.52. The predicted molar refractivity (Wildman–Crippen MR) is 126 cm³/mol. The molecule has 1 N–H and O–H groups in total. The van der Waals surface area contributed by atoms with Gasteiger partial charge < -0.3 is 14.9 Å². The van der Waals surface area contributed by atoms with Crippen molar-refractivity contribution in [1.82, 2.24) is 9.80 Å². The third-order valence-corrected chi connectivity index (χ3v) is 7.08. The van der Waals surface area contributed by atoms with Crippen molar-refractivity contribution in [2.75, 3.05) is 20.7 Å². The summed E-state index contributed by atoms with van der Waals surface area (Å²) >= 11 is 0. The lowest BCUT2D eigenvalue weighted by Crippen LogP contribution is -2.66. The molecule has 2 aromatic rings. The Balaban J connectivity index is 1.54. The van der Waals surface area contributed by atoms with Gasteiger partial charge >= 0.3 is 0 Å². The highest BCUT2D eigenvalue weighted by Gasteiger charge is 2.52. The fourth-order valence-electron chi connectivity index (χ4n) is 5.26. The molecule has 33 heavy (non-hydrogen) atoms. The van der Waals surface area contributed by atoms with Crippen LogP contribution in [0.5, 0.6) is 0 Å². The van der Waals surface area contributed by atoms with E-state index < -0.39 is 6.04 Å². The van der Waals surface area contributed by atoms with E-state index in [1.54, 1.807) is 30.0 Å². The number of likely N-dealkylation sites (tertiary alicyclic amines) is 1. The second-order valence-electron chi connectivity index (χ2n) is 9.33. The number of benzene rings is 2. The monoisotopic (exact) mass is 445 g/mol. The van der Waals surface area contributed by atoms with Crippen molar-refractivity contribution < 1.29 is 14.7 Å². The summed E-state index contributed by atoms with van der Waals surface area (Å²) in [5, 5.41) is 19.9. The molecule has 0 spiro atoms. The molecule has 1 saturated heterocycles. The fourth-order valence-corrected chi connectivity index (χ4v) is 5.26. The summed E-state index contributed by atoms with van der Waals surface area (Å²) in [7, 11) is 3.46. The minimum Gasteiger partial charge on any atom is -0.394 e. The summed E-state index contributed by atoms with van der Waals surface area (Å²) in [5.74, 6) is -0.253. The van der Waals surface area contributed by atoms with Crippen LogP contribution < -0.4 is 0 Å². The maximum absolute atomic E-state index is 13.1. The SMILES string of the molecule is CN(C)C(=O)c1cccc(-c2ccc([C@@H]3[C@@H](C#N)N(C(=O)C4CCCCC4)[C@@H]3CO)cc2)c1. The van der Waals surface area contributed by atoms with Crippen LogP contribution in [-0.4, -0.2) is 59.5 Å². The first-order valence-electron chi connectivity index (χ1n) is 11.7. The summed E-state index contributed by atoms with van der Waals surface area (Å²) in [6, 6.07) is 16.8. The number of hydrogen-bond acceptors (Lipinski definition) is 4. The molecular weight excluding hydrogens is 414 g/mol.